The zero-order chi connectivity index (χ0) is 12.1. The van der Waals surface area contributed by atoms with Crippen molar-refractivity contribution in [2.24, 2.45) is 17.8 Å². The highest BCUT2D eigenvalue weighted by Gasteiger charge is 2.47. The van der Waals surface area contributed by atoms with E-state index in [1.54, 1.807) is 0 Å². The predicted molar refractivity (Wildman–Crippen MR) is 71.9 cm³/mol. The van der Waals surface area contributed by atoms with E-state index in [9.17, 15) is 4.79 Å². The fraction of sp³-hybridized carbons (Fsp3) is 0.938. The Morgan fingerprint density at radius 1 is 0.882 bits per heavy atom. The molecule has 2 aliphatic rings. The van der Waals surface area contributed by atoms with Crippen LogP contribution in [0.5, 0.6) is 0 Å². The summed E-state index contributed by atoms with van der Waals surface area (Å²) < 4.78 is 0. The lowest BCUT2D eigenvalue weighted by atomic mass is 9.94. The summed E-state index contributed by atoms with van der Waals surface area (Å²) >= 11 is 0. The molecule has 1 heteroatoms. The largest absolute Gasteiger partial charge is 0.299 e. The molecule has 17 heavy (non-hydrogen) atoms. The van der Waals surface area contributed by atoms with E-state index >= 15 is 0 Å². The van der Waals surface area contributed by atoms with Crippen molar-refractivity contribution in [2.45, 2.75) is 77.6 Å². The van der Waals surface area contributed by atoms with E-state index in [0.717, 1.165) is 24.7 Å². The van der Waals surface area contributed by atoms with E-state index in [-0.39, 0.29) is 0 Å². The van der Waals surface area contributed by atoms with E-state index in [2.05, 4.69) is 6.92 Å². The van der Waals surface area contributed by atoms with Crippen LogP contribution in [0, 0.1) is 17.8 Å². The van der Waals surface area contributed by atoms with Gasteiger partial charge in [0, 0.05) is 12.3 Å². The average Bonchev–Trinajstić information content (AvgIpc) is 2.95. The van der Waals surface area contributed by atoms with Crippen LogP contribution < -0.4 is 0 Å². The van der Waals surface area contributed by atoms with E-state index in [1.807, 2.05) is 0 Å². The molecular weight excluding hydrogens is 208 g/mol. The van der Waals surface area contributed by atoms with Crippen molar-refractivity contribution in [1.29, 1.82) is 0 Å². The summed E-state index contributed by atoms with van der Waals surface area (Å²) in [5, 5.41) is 0. The van der Waals surface area contributed by atoms with E-state index < -0.39 is 0 Å². The molecule has 1 nitrogen and oxygen atoms in total. The fourth-order valence-electron chi connectivity index (χ4n) is 3.44. The average molecular weight is 236 g/mol. The first kappa shape index (κ1) is 13.1. The third-order valence-corrected chi connectivity index (χ3v) is 4.73. The van der Waals surface area contributed by atoms with Gasteiger partial charge in [0.15, 0.2) is 0 Å². The molecule has 2 rings (SSSR count). The molecular formula is C16H28O. The third kappa shape index (κ3) is 4.12. The summed E-state index contributed by atoms with van der Waals surface area (Å²) in [6, 6.07) is 0. The SMILES string of the molecule is CCCCCCCCCC(=O)C1CC2CC2C1. The van der Waals surface area contributed by atoms with Gasteiger partial charge < -0.3 is 0 Å². The maximum Gasteiger partial charge on any atom is 0.135 e. The second kappa shape index (κ2) is 6.56. The minimum Gasteiger partial charge on any atom is -0.299 e. The standard InChI is InChI=1S/C16H28O/c1-2-3-4-5-6-7-8-9-16(17)15-11-13-10-14(13)12-15/h13-15H,2-12H2,1H3. The summed E-state index contributed by atoms with van der Waals surface area (Å²) in [7, 11) is 0. The number of unbranched alkanes of at least 4 members (excludes halogenated alkanes) is 6. The lowest BCUT2D eigenvalue weighted by molar-refractivity contribution is -0.123. The molecule has 0 aromatic heterocycles. The van der Waals surface area contributed by atoms with Gasteiger partial charge in [0.05, 0.1) is 0 Å². The minimum absolute atomic E-state index is 0.471. The van der Waals surface area contributed by atoms with Crippen molar-refractivity contribution in [2.75, 3.05) is 0 Å². The number of carbonyl (C=O) groups is 1. The molecule has 0 spiro atoms. The molecule has 0 aromatic rings. The lowest BCUT2D eigenvalue weighted by Gasteiger charge is -2.09. The molecule has 2 aliphatic carbocycles. The van der Waals surface area contributed by atoms with Crippen LogP contribution in [-0.4, -0.2) is 5.78 Å². The normalized spacial score (nSPS) is 30.3. The molecule has 0 radical (unpaired) electrons. The van der Waals surface area contributed by atoms with Crippen molar-refractivity contribution in [3.63, 3.8) is 0 Å². The zero-order valence-corrected chi connectivity index (χ0v) is 11.4. The summed E-state index contributed by atoms with van der Waals surface area (Å²) in [6.45, 7) is 2.25. The molecule has 2 saturated carbocycles. The third-order valence-electron chi connectivity index (χ3n) is 4.73. The lowest BCUT2D eigenvalue weighted by Crippen LogP contribution is -2.12. The predicted octanol–water partition coefficient (Wildman–Crippen LogP) is 4.74. The van der Waals surface area contributed by atoms with Crippen LogP contribution in [-0.2, 0) is 4.79 Å². The Kier molecular flexibility index (Phi) is 5.06. The van der Waals surface area contributed by atoms with Gasteiger partial charge in [-0.15, -0.1) is 0 Å². The monoisotopic (exact) mass is 236 g/mol. The van der Waals surface area contributed by atoms with Gasteiger partial charge in [0.25, 0.3) is 0 Å². The van der Waals surface area contributed by atoms with Gasteiger partial charge in [-0.05, 0) is 37.5 Å². The first-order valence-corrected chi connectivity index (χ1v) is 7.84. The van der Waals surface area contributed by atoms with E-state index in [0.29, 0.717) is 11.7 Å². The maximum absolute atomic E-state index is 11.9. The van der Waals surface area contributed by atoms with Gasteiger partial charge in [-0.2, -0.15) is 0 Å². The fourth-order valence-corrected chi connectivity index (χ4v) is 3.44. The first-order chi connectivity index (χ1) is 8.31. The first-order valence-electron chi connectivity index (χ1n) is 7.84. The molecule has 0 saturated heterocycles. The Bertz CT molecular complexity index is 236. The zero-order valence-electron chi connectivity index (χ0n) is 11.4. The molecule has 0 amide bonds. The number of rotatable bonds is 9. The van der Waals surface area contributed by atoms with Gasteiger partial charge >= 0.3 is 0 Å². The number of hydrogen-bond donors (Lipinski definition) is 0. The Hall–Kier alpha value is -0.330. The van der Waals surface area contributed by atoms with E-state index in [1.165, 1.54) is 57.8 Å². The highest BCUT2D eigenvalue weighted by atomic mass is 16.1. The number of ketones is 1. The Balaban J connectivity index is 1.43. The molecule has 0 heterocycles. The van der Waals surface area contributed by atoms with Crippen LogP contribution in [0.15, 0.2) is 0 Å². The Labute approximate surface area is 106 Å². The van der Waals surface area contributed by atoms with Gasteiger partial charge in [0.2, 0.25) is 0 Å². The Morgan fingerprint density at radius 3 is 2.12 bits per heavy atom. The van der Waals surface area contributed by atoms with Crippen LogP contribution in [0.2, 0.25) is 0 Å². The number of hydrogen-bond acceptors (Lipinski definition) is 1. The van der Waals surface area contributed by atoms with Crippen LogP contribution in [0.25, 0.3) is 0 Å². The molecule has 0 aliphatic heterocycles. The second-order valence-corrected chi connectivity index (χ2v) is 6.26. The smallest absolute Gasteiger partial charge is 0.135 e. The maximum atomic E-state index is 11.9. The van der Waals surface area contributed by atoms with Crippen molar-refractivity contribution in [1.82, 2.24) is 0 Å². The second-order valence-electron chi connectivity index (χ2n) is 6.26. The van der Waals surface area contributed by atoms with Crippen molar-refractivity contribution in [3.05, 3.63) is 0 Å². The van der Waals surface area contributed by atoms with E-state index in [4.69, 9.17) is 0 Å². The Morgan fingerprint density at radius 2 is 1.47 bits per heavy atom. The molecule has 0 bridgehead atoms. The number of fused-ring (bicyclic) bond motifs is 1. The van der Waals surface area contributed by atoms with Crippen LogP contribution in [0.1, 0.15) is 77.6 Å². The van der Waals surface area contributed by atoms with Gasteiger partial charge in [0.1, 0.15) is 5.78 Å². The van der Waals surface area contributed by atoms with Crippen molar-refractivity contribution in [3.8, 4) is 0 Å². The summed E-state index contributed by atoms with van der Waals surface area (Å²) in [6.07, 6.45) is 14.0. The molecule has 98 valence electrons. The van der Waals surface area contributed by atoms with Crippen molar-refractivity contribution < 1.29 is 4.79 Å². The van der Waals surface area contributed by atoms with Crippen LogP contribution in [0.4, 0.5) is 0 Å². The quantitative estimate of drug-likeness (QED) is 0.528. The summed E-state index contributed by atoms with van der Waals surface area (Å²) in [5.74, 6) is 2.97. The highest BCUT2D eigenvalue weighted by molar-refractivity contribution is 5.81. The number of Topliss-reactive ketones (excluding diaryl/α,β-unsaturated/α-hetero) is 1. The van der Waals surface area contributed by atoms with Crippen LogP contribution in [0.3, 0.4) is 0 Å². The van der Waals surface area contributed by atoms with Gasteiger partial charge in [-0.1, -0.05) is 45.4 Å². The van der Waals surface area contributed by atoms with Gasteiger partial charge in [-0.25, -0.2) is 0 Å². The summed E-state index contributed by atoms with van der Waals surface area (Å²) in [4.78, 5) is 11.9. The topological polar surface area (TPSA) is 17.1 Å². The number of carbonyl (C=O) groups excluding carboxylic acids is 1. The van der Waals surface area contributed by atoms with Gasteiger partial charge in [-0.3, -0.25) is 4.79 Å². The highest BCUT2D eigenvalue weighted by Crippen LogP contribution is 2.54. The molecule has 0 N–H and O–H groups in total. The molecule has 2 unspecified atom stereocenters. The molecule has 0 aromatic carbocycles. The summed E-state index contributed by atoms with van der Waals surface area (Å²) in [5.41, 5.74) is 0. The minimum atomic E-state index is 0.471. The molecule has 2 fully saturated rings. The van der Waals surface area contributed by atoms with Crippen LogP contribution >= 0.6 is 0 Å². The van der Waals surface area contributed by atoms with Crippen molar-refractivity contribution >= 4 is 5.78 Å². The molecule has 2 atom stereocenters.